The van der Waals surface area contributed by atoms with Crippen LogP contribution in [0.4, 0.5) is 5.69 Å². The molecule has 1 aliphatic carbocycles. The van der Waals surface area contributed by atoms with Gasteiger partial charge in [0.1, 0.15) is 22.4 Å². The van der Waals surface area contributed by atoms with Crippen molar-refractivity contribution in [2.24, 2.45) is 7.05 Å². The summed E-state index contributed by atoms with van der Waals surface area (Å²) in [5.74, 6) is -0.575. The smallest absolute Gasteiger partial charge is 0.263 e. The zero-order valence-corrected chi connectivity index (χ0v) is 21.7. The number of para-hydroxylation sites is 1. The van der Waals surface area contributed by atoms with Crippen LogP contribution in [0.15, 0.2) is 71.7 Å². The van der Waals surface area contributed by atoms with Gasteiger partial charge >= 0.3 is 0 Å². The molecule has 1 amide bonds. The molecule has 0 bridgehead atoms. The predicted molar refractivity (Wildman–Crippen MR) is 144 cm³/mol. The molecule has 4 aromatic rings. The number of nitrogens with one attached hydrogen (secondary N) is 2. The standard InChI is InChI=1S/C27H24N6O5S/c1-33-23-20(13-22(26(33)35)24(34)29-15-19-9-7-18(14-28)8-10-19)16-30-31-25(23)38-17-27(11-12-27)39(36,37)32-21-5-3-2-4-6-21/h2-10,13,16,32H,11-12,15,17H2,1H3,(H,29,34). The molecule has 2 heterocycles. The van der Waals surface area contributed by atoms with E-state index in [9.17, 15) is 18.0 Å². The van der Waals surface area contributed by atoms with E-state index in [0.29, 0.717) is 35.0 Å². The normalized spacial score (nSPS) is 13.8. The fraction of sp³-hybridized carbons (Fsp3) is 0.222. The molecular formula is C27H24N6O5S. The number of nitrogens with zero attached hydrogens (tertiary/aromatic N) is 4. The van der Waals surface area contributed by atoms with Crippen molar-refractivity contribution in [2.75, 3.05) is 11.3 Å². The number of fused-ring (bicyclic) bond motifs is 1. The van der Waals surface area contributed by atoms with Crippen LogP contribution in [0.2, 0.25) is 0 Å². The summed E-state index contributed by atoms with van der Waals surface area (Å²) in [6.07, 6.45) is 2.23. The minimum Gasteiger partial charge on any atom is -0.473 e. The molecule has 2 aromatic heterocycles. The van der Waals surface area contributed by atoms with E-state index in [0.717, 1.165) is 5.56 Å². The molecule has 0 unspecified atom stereocenters. The molecule has 1 fully saturated rings. The number of pyridine rings is 1. The number of rotatable bonds is 9. The summed E-state index contributed by atoms with van der Waals surface area (Å²) in [6, 6.07) is 18.8. The molecule has 0 aliphatic heterocycles. The minimum absolute atomic E-state index is 0.00201. The maximum atomic E-state index is 13.1. The van der Waals surface area contributed by atoms with E-state index in [1.807, 2.05) is 6.07 Å². The highest BCUT2D eigenvalue weighted by molar-refractivity contribution is 7.94. The Kier molecular flexibility index (Phi) is 6.76. The lowest BCUT2D eigenvalue weighted by molar-refractivity contribution is 0.0949. The van der Waals surface area contributed by atoms with E-state index in [4.69, 9.17) is 10.00 Å². The van der Waals surface area contributed by atoms with Gasteiger partial charge in [-0.25, -0.2) is 8.42 Å². The van der Waals surface area contributed by atoms with Gasteiger partial charge in [0.2, 0.25) is 10.0 Å². The molecule has 12 heteroatoms. The zero-order valence-electron chi connectivity index (χ0n) is 20.9. The second kappa shape index (κ2) is 10.2. The number of nitriles is 1. The summed E-state index contributed by atoms with van der Waals surface area (Å²) < 4.78 is 34.7. The van der Waals surface area contributed by atoms with Crippen LogP contribution in [0.3, 0.4) is 0 Å². The molecule has 39 heavy (non-hydrogen) atoms. The fourth-order valence-electron chi connectivity index (χ4n) is 4.15. The Morgan fingerprint density at radius 1 is 1.15 bits per heavy atom. The van der Waals surface area contributed by atoms with Crippen molar-refractivity contribution >= 4 is 32.5 Å². The summed E-state index contributed by atoms with van der Waals surface area (Å²) in [6.45, 7) is -0.00770. The first kappa shape index (κ1) is 25.9. The lowest BCUT2D eigenvalue weighted by Crippen LogP contribution is -2.35. The van der Waals surface area contributed by atoms with E-state index in [2.05, 4.69) is 20.2 Å². The Balaban J connectivity index is 1.35. The molecule has 198 valence electrons. The molecule has 0 saturated heterocycles. The van der Waals surface area contributed by atoms with Crippen molar-refractivity contribution in [3.63, 3.8) is 0 Å². The minimum atomic E-state index is -3.76. The van der Waals surface area contributed by atoms with Crippen LogP contribution >= 0.6 is 0 Å². The lowest BCUT2D eigenvalue weighted by Gasteiger charge is -2.19. The summed E-state index contributed by atoms with van der Waals surface area (Å²) in [4.78, 5) is 26.0. The first-order valence-corrected chi connectivity index (χ1v) is 13.5. The Hall–Kier alpha value is -4.76. The van der Waals surface area contributed by atoms with Gasteiger partial charge in [0.25, 0.3) is 17.3 Å². The fourth-order valence-corrected chi connectivity index (χ4v) is 5.67. The van der Waals surface area contributed by atoms with Crippen LogP contribution in [-0.4, -0.2) is 40.4 Å². The van der Waals surface area contributed by atoms with Crippen molar-refractivity contribution < 1.29 is 17.9 Å². The molecule has 2 N–H and O–H groups in total. The van der Waals surface area contributed by atoms with Crippen molar-refractivity contribution in [3.05, 3.63) is 93.9 Å². The first-order chi connectivity index (χ1) is 18.7. The second-order valence-corrected chi connectivity index (χ2v) is 11.4. The predicted octanol–water partition coefficient (Wildman–Crippen LogP) is 2.48. The largest absolute Gasteiger partial charge is 0.473 e. The molecule has 11 nitrogen and oxygen atoms in total. The van der Waals surface area contributed by atoms with Crippen LogP contribution in [0.25, 0.3) is 10.9 Å². The number of benzene rings is 2. The van der Waals surface area contributed by atoms with E-state index in [1.165, 1.54) is 23.9 Å². The van der Waals surface area contributed by atoms with Gasteiger partial charge < -0.3 is 14.6 Å². The third kappa shape index (κ3) is 5.17. The molecule has 1 saturated carbocycles. The topological polar surface area (TPSA) is 156 Å². The number of sulfonamides is 1. The van der Waals surface area contributed by atoms with Gasteiger partial charge in [0.15, 0.2) is 0 Å². The third-order valence-electron chi connectivity index (χ3n) is 6.65. The average molecular weight is 545 g/mol. The maximum Gasteiger partial charge on any atom is 0.263 e. The number of ether oxygens (including phenoxy) is 1. The van der Waals surface area contributed by atoms with E-state index in [1.54, 1.807) is 54.6 Å². The van der Waals surface area contributed by atoms with Crippen molar-refractivity contribution in [3.8, 4) is 11.9 Å². The van der Waals surface area contributed by atoms with Gasteiger partial charge in [0, 0.05) is 24.7 Å². The highest BCUT2D eigenvalue weighted by atomic mass is 32.2. The number of hydrogen-bond donors (Lipinski definition) is 2. The number of hydrogen-bond acceptors (Lipinski definition) is 8. The summed E-state index contributed by atoms with van der Waals surface area (Å²) in [5.41, 5.74) is 1.37. The number of aromatic nitrogens is 3. The van der Waals surface area contributed by atoms with E-state index >= 15 is 0 Å². The quantitative estimate of drug-likeness (QED) is 0.326. The van der Waals surface area contributed by atoms with Gasteiger partial charge in [-0.05, 0) is 48.7 Å². The maximum absolute atomic E-state index is 13.1. The SMILES string of the molecule is Cn1c(=O)c(C(=O)NCc2ccc(C#N)cc2)cc2cnnc(OCC3(S(=O)(=O)Nc4ccccc4)CC3)c21. The van der Waals surface area contributed by atoms with Gasteiger partial charge in [-0.2, -0.15) is 10.4 Å². The van der Waals surface area contributed by atoms with E-state index < -0.39 is 26.2 Å². The summed E-state index contributed by atoms with van der Waals surface area (Å²) in [7, 11) is -2.27. The highest BCUT2D eigenvalue weighted by Crippen LogP contribution is 2.44. The van der Waals surface area contributed by atoms with Crippen molar-refractivity contribution in [1.29, 1.82) is 5.26 Å². The highest BCUT2D eigenvalue weighted by Gasteiger charge is 2.56. The Bertz CT molecular complexity index is 1760. The van der Waals surface area contributed by atoms with Crippen molar-refractivity contribution in [2.45, 2.75) is 24.1 Å². The molecule has 5 rings (SSSR count). The summed E-state index contributed by atoms with van der Waals surface area (Å²) >= 11 is 0. The van der Waals surface area contributed by atoms with Crippen LogP contribution in [-0.2, 0) is 23.6 Å². The number of carbonyl (C=O) groups is 1. The molecule has 0 atom stereocenters. The molecular weight excluding hydrogens is 520 g/mol. The third-order valence-corrected chi connectivity index (χ3v) is 8.82. The monoisotopic (exact) mass is 544 g/mol. The van der Waals surface area contributed by atoms with Crippen LogP contribution in [0, 0.1) is 11.3 Å². The Labute approximate surface area is 224 Å². The number of carbonyl (C=O) groups excluding carboxylic acids is 1. The summed E-state index contributed by atoms with van der Waals surface area (Å²) in [5, 5.41) is 20.0. The lowest BCUT2D eigenvalue weighted by atomic mass is 10.1. The molecule has 0 spiro atoms. The first-order valence-electron chi connectivity index (χ1n) is 12.1. The van der Waals surface area contributed by atoms with Gasteiger partial charge in [0.05, 0.1) is 17.8 Å². The average Bonchev–Trinajstić information content (AvgIpc) is 3.75. The van der Waals surface area contributed by atoms with Crippen molar-refractivity contribution in [1.82, 2.24) is 20.1 Å². The van der Waals surface area contributed by atoms with Crippen LogP contribution in [0.5, 0.6) is 5.88 Å². The second-order valence-electron chi connectivity index (χ2n) is 9.31. The van der Waals surface area contributed by atoms with E-state index in [-0.39, 0.29) is 24.6 Å². The number of aryl methyl sites for hydroxylation is 1. The Morgan fingerprint density at radius 2 is 1.87 bits per heavy atom. The van der Waals surface area contributed by atoms with Gasteiger partial charge in [-0.1, -0.05) is 30.3 Å². The number of anilines is 1. The van der Waals surface area contributed by atoms with Crippen LogP contribution < -0.4 is 20.3 Å². The van der Waals surface area contributed by atoms with Gasteiger partial charge in [-0.15, -0.1) is 5.10 Å². The molecule has 1 aliphatic rings. The molecule has 2 aromatic carbocycles. The number of amides is 1. The zero-order chi connectivity index (χ0) is 27.6. The molecule has 0 radical (unpaired) electrons. The Morgan fingerprint density at radius 3 is 2.54 bits per heavy atom. The van der Waals surface area contributed by atoms with Gasteiger partial charge in [-0.3, -0.25) is 14.3 Å². The van der Waals surface area contributed by atoms with Crippen LogP contribution in [0.1, 0.15) is 34.3 Å².